The van der Waals surface area contributed by atoms with E-state index in [1.807, 2.05) is 19.9 Å². The molecule has 2 aliphatic rings. The van der Waals surface area contributed by atoms with Crippen LogP contribution in [0.4, 0.5) is 0 Å². The maximum absolute atomic E-state index is 6.45. The van der Waals surface area contributed by atoms with Crippen molar-refractivity contribution in [3.63, 3.8) is 0 Å². The molecule has 2 heterocycles. The molecule has 2 rings (SSSR count). The van der Waals surface area contributed by atoms with Crippen LogP contribution in [0.1, 0.15) is 34.6 Å². The molecule has 0 bridgehead atoms. The first-order chi connectivity index (χ1) is 9.02. The summed E-state index contributed by atoms with van der Waals surface area (Å²) in [5, 5.41) is 0.181. The fourth-order valence-corrected chi connectivity index (χ4v) is 3.45. The van der Waals surface area contributed by atoms with Crippen molar-refractivity contribution in [1.82, 2.24) is 0 Å². The van der Waals surface area contributed by atoms with Gasteiger partial charge in [-0.3, -0.25) is 0 Å². The normalized spacial score (nSPS) is 33.5. The van der Waals surface area contributed by atoms with Gasteiger partial charge in [-0.25, -0.2) is 0 Å². The molecule has 0 aromatic carbocycles. The van der Waals surface area contributed by atoms with E-state index in [0.717, 1.165) is 0 Å². The van der Waals surface area contributed by atoms with Crippen LogP contribution in [0.25, 0.3) is 0 Å². The van der Waals surface area contributed by atoms with Gasteiger partial charge in [0.05, 0.1) is 12.9 Å². The lowest BCUT2D eigenvalue weighted by atomic mass is 10.1. The highest BCUT2D eigenvalue weighted by atomic mass is 28.4. The van der Waals surface area contributed by atoms with Crippen LogP contribution in [-0.4, -0.2) is 39.0 Å². The van der Waals surface area contributed by atoms with E-state index in [-0.39, 0.29) is 23.4 Å². The minimum atomic E-state index is -1.83. The minimum absolute atomic E-state index is 0.0432. The summed E-state index contributed by atoms with van der Waals surface area (Å²) < 4.78 is 23.7. The zero-order chi connectivity index (χ0) is 15.2. The second-order valence-corrected chi connectivity index (χ2v) is 12.4. The van der Waals surface area contributed by atoms with E-state index < -0.39 is 14.1 Å². The van der Waals surface area contributed by atoms with Crippen LogP contribution < -0.4 is 0 Å². The molecule has 4 nitrogen and oxygen atoms in total. The molecule has 3 atom stereocenters. The van der Waals surface area contributed by atoms with E-state index in [2.05, 4.69) is 33.9 Å². The van der Waals surface area contributed by atoms with Crippen molar-refractivity contribution < 1.29 is 18.6 Å². The van der Waals surface area contributed by atoms with Crippen molar-refractivity contribution >= 4 is 8.32 Å². The van der Waals surface area contributed by atoms with Gasteiger partial charge in [-0.1, -0.05) is 20.8 Å². The van der Waals surface area contributed by atoms with Crippen molar-refractivity contribution in [2.75, 3.05) is 6.61 Å². The molecule has 0 unspecified atom stereocenters. The molecular weight excluding hydrogens is 272 g/mol. The Morgan fingerprint density at radius 3 is 2.40 bits per heavy atom. The second kappa shape index (κ2) is 5.12. The molecule has 0 aromatic rings. The molecular formula is C15H28O4Si. The third kappa shape index (κ3) is 3.27. The van der Waals surface area contributed by atoms with E-state index in [4.69, 9.17) is 18.6 Å². The summed E-state index contributed by atoms with van der Waals surface area (Å²) >= 11 is 0. The highest BCUT2D eigenvalue weighted by Crippen LogP contribution is 2.39. The van der Waals surface area contributed by atoms with E-state index in [1.165, 1.54) is 0 Å². The second-order valence-electron chi connectivity index (χ2n) is 7.64. The molecule has 0 aliphatic carbocycles. The van der Waals surface area contributed by atoms with Gasteiger partial charge < -0.3 is 18.6 Å². The van der Waals surface area contributed by atoms with Gasteiger partial charge >= 0.3 is 0 Å². The van der Waals surface area contributed by atoms with Crippen LogP contribution in [0.2, 0.25) is 18.1 Å². The Morgan fingerprint density at radius 1 is 1.25 bits per heavy atom. The molecule has 5 heteroatoms. The Kier molecular flexibility index (Phi) is 4.10. The molecule has 0 amide bonds. The molecule has 116 valence electrons. The van der Waals surface area contributed by atoms with E-state index in [1.54, 1.807) is 6.26 Å². The fraction of sp³-hybridized carbons (Fsp3) is 0.867. The van der Waals surface area contributed by atoms with E-state index in [0.29, 0.717) is 6.61 Å². The van der Waals surface area contributed by atoms with Crippen LogP contribution in [0.3, 0.4) is 0 Å². The predicted molar refractivity (Wildman–Crippen MR) is 81.0 cm³/mol. The molecule has 1 fully saturated rings. The largest absolute Gasteiger partial charge is 0.492 e. The average molecular weight is 300 g/mol. The van der Waals surface area contributed by atoms with Gasteiger partial charge in [0.25, 0.3) is 0 Å². The lowest BCUT2D eigenvalue weighted by Crippen LogP contribution is -2.48. The van der Waals surface area contributed by atoms with Crippen molar-refractivity contribution in [3.8, 4) is 0 Å². The van der Waals surface area contributed by atoms with Crippen molar-refractivity contribution in [3.05, 3.63) is 12.3 Å². The maximum atomic E-state index is 6.45. The molecule has 0 aromatic heterocycles. The highest BCUT2D eigenvalue weighted by molar-refractivity contribution is 6.74. The quantitative estimate of drug-likeness (QED) is 0.748. The molecule has 0 radical (unpaired) electrons. The molecule has 0 spiro atoms. The molecule has 0 N–H and O–H groups in total. The molecule has 1 saturated heterocycles. The van der Waals surface area contributed by atoms with Crippen LogP contribution in [0.15, 0.2) is 12.3 Å². The number of hydrogen-bond donors (Lipinski definition) is 0. The average Bonchev–Trinajstić information content (AvgIpc) is 2.82. The minimum Gasteiger partial charge on any atom is -0.492 e. The van der Waals surface area contributed by atoms with Crippen LogP contribution in [0.5, 0.6) is 0 Å². The van der Waals surface area contributed by atoms with Crippen molar-refractivity contribution in [2.24, 2.45) is 0 Å². The van der Waals surface area contributed by atoms with Gasteiger partial charge in [-0.05, 0) is 38.1 Å². The van der Waals surface area contributed by atoms with Crippen molar-refractivity contribution in [2.45, 2.75) is 76.8 Å². The Labute approximate surface area is 123 Å². The molecule has 20 heavy (non-hydrogen) atoms. The zero-order valence-electron chi connectivity index (χ0n) is 13.7. The van der Waals surface area contributed by atoms with Crippen LogP contribution in [-0.2, 0) is 18.6 Å². The van der Waals surface area contributed by atoms with Crippen LogP contribution >= 0.6 is 0 Å². The summed E-state index contributed by atoms with van der Waals surface area (Å²) in [6.07, 6.45) is 3.51. The standard InChI is InChI=1S/C15H28O4Si/c1-14(2,3)20(6,7)19-11-8-9-16-13(11)12-10-17-15(4,5)18-12/h8-9,11-13H,10H2,1-7H3/t11-,12+,13+/m1/s1. The van der Waals surface area contributed by atoms with Gasteiger partial charge in [0, 0.05) is 0 Å². The Balaban J connectivity index is 2.03. The summed E-state index contributed by atoms with van der Waals surface area (Å²) in [5.41, 5.74) is 0. The summed E-state index contributed by atoms with van der Waals surface area (Å²) in [7, 11) is -1.83. The van der Waals surface area contributed by atoms with E-state index >= 15 is 0 Å². The number of hydrogen-bond acceptors (Lipinski definition) is 4. The third-order valence-corrected chi connectivity index (χ3v) is 8.94. The van der Waals surface area contributed by atoms with Gasteiger partial charge in [0.15, 0.2) is 20.2 Å². The topological polar surface area (TPSA) is 36.9 Å². The first-order valence-corrected chi connectivity index (χ1v) is 10.2. The Morgan fingerprint density at radius 2 is 1.90 bits per heavy atom. The van der Waals surface area contributed by atoms with Crippen molar-refractivity contribution in [1.29, 1.82) is 0 Å². The zero-order valence-corrected chi connectivity index (χ0v) is 14.7. The van der Waals surface area contributed by atoms with Gasteiger partial charge in [0.1, 0.15) is 12.2 Å². The summed E-state index contributed by atoms with van der Waals surface area (Å²) in [4.78, 5) is 0. The van der Waals surface area contributed by atoms with Crippen LogP contribution in [0, 0.1) is 0 Å². The lowest BCUT2D eigenvalue weighted by molar-refractivity contribution is -0.155. The third-order valence-electron chi connectivity index (χ3n) is 4.46. The lowest BCUT2D eigenvalue weighted by Gasteiger charge is -2.39. The molecule has 2 aliphatic heterocycles. The van der Waals surface area contributed by atoms with Gasteiger partial charge in [-0.2, -0.15) is 0 Å². The monoisotopic (exact) mass is 300 g/mol. The molecule has 0 saturated carbocycles. The van der Waals surface area contributed by atoms with Gasteiger partial charge in [-0.15, -0.1) is 0 Å². The summed E-state index contributed by atoms with van der Waals surface area (Å²) in [5.74, 6) is -0.530. The van der Waals surface area contributed by atoms with E-state index in [9.17, 15) is 0 Å². The fourth-order valence-electron chi connectivity index (χ4n) is 2.20. The number of rotatable bonds is 3. The summed E-state index contributed by atoms with van der Waals surface area (Å²) in [6, 6.07) is 0. The Bertz CT molecular complexity index is 384. The highest BCUT2D eigenvalue weighted by Gasteiger charge is 2.46. The number of ether oxygens (including phenoxy) is 3. The Hall–Kier alpha value is -0.363. The predicted octanol–water partition coefficient (Wildman–Crippen LogP) is 3.44. The maximum Gasteiger partial charge on any atom is 0.193 e. The SMILES string of the molecule is CC1(C)OC[C@@H]([C@H]2OC=C[C@H]2O[Si](C)(C)C(C)(C)C)O1. The smallest absolute Gasteiger partial charge is 0.193 e. The first-order valence-electron chi connectivity index (χ1n) is 7.34. The van der Waals surface area contributed by atoms with Gasteiger partial charge in [0.2, 0.25) is 0 Å². The first kappa shape index (κ1) is 16.0. The summed E-state index contributed by atoms with van der Waals surface area (Å²) in [6.45, 7) is 15.7.